The molecule has 3 aromatic rings. The van der Waals surface area contributed by atoms with Crippen LogP contribution in [-0.4, -0.2) is 16.9 Å². The van der Waals surface area contributed by atoms with Crippen LogP contribution in [0.15, 0.2) is 51.1 Å². The molecule has 28 heavy (non-hydrogen) atoms. The molecule has 0 aliphatic heterocycles. The first-order valence-electron chi connectivity index (χ1n) is 7.87. The lowest BCUT2D eigenvalue weighted by Crippen LogP contribution is -2.25. The summed E-state index contributed by atoms with van der Waals surface area (Å²) < 4.78 is 46.8. The summed E-state index contributed by atoms with van der Waals surface area (Å²) in [5.74, 6) is -3.73. The van der Waals surface area contributed by atoms with Gasteiger partial charge in [0.25, 0.3) is 5.56 Å². The predicted octanol–water partition coefficient (Wildman–Crippen LogP) is 3.99. The molecular formula is C19H12F3N3O2S. The molecule has 1 aromatic heterocycles. The Labute approximate surface area is 162 Å². The van der Waals surface area contributed by atoms with Gasteiger partial charge in [-0.05, 0) is 43.3 Å². The van der Waals surface area contributed by atoms with Gasteiger partial charge in [0.15, 0.2) is 17.5 Å². The number of nitrogens with zero attached hydrogens (tertiary/aromatic N) is 3. The molecule has 0 bridgehead atoms. The molecule has 0 aliphatic carbocycles. The van der Waals surface area contributed by atoms with Crippen LogP contribution in [0.25, 0.3) is 5.69 Å². The lowest BCUT2D eigenvalue weighted by molar-refractivity contribution is 0.414. The lowest BCUT2D eigenvalue weighted by Gasteiger charge is -2.12. The van der Waals surface area contributed by atoms with E-state index in [0.29, 0.717) is 23.2 Å². The van der Waals surface area contributed by atoms with Crippen molar-refractivity contribution in [3.63, 3.8) is 0 Å². The third-order valence-electron chi connectivity index (χ3n) is 3.93. The third-order valence-corrected chi connectivity index (χ3v) is 5.04. The second-order valence-corrected chi connectivity index (χ2v) is 6.64. The van der Waals surface area contributed by atoms with Crippen LogP contribution < -0.4 is 10.3 Å². The summed E-state index contributed by atoms with van der Waals surface area (Å²) in [7, 11) is 1.49. The lowest BCUT2D eigenvalue weighted by atomic mass is 10.2. The Morgan fingerprint density at radius 1 is 1.11 bits per heavy atom. The van der Waals surface area contributed by atoms with Crippen molar-refractivity contribution in [2.75, 3.05) is 7.11 Å². The number of methoxy groups -OCH3 is 1. The molecule has 0 fully saturated rings. The summed E-state index contributed by atoms with van der Waals surface area (Å²) in [6, 6.07) is 10.0. The van der Waals surface area contributed by atoms with E-state index >= 15 is 0 Å². The van der Waals surface area contributed by atoms with Crippen LogP contribution in [0.2, 0.25) is 0 Å². The molecule has 0 radical (unpaired) electrons. The first-order chi connectivity index (χ1) is 13.4. The molecule has 0 aliphatic rings. The van der Waals surface area contributed by atoms with Crippen molar-refractivity contribution in [2.24, 2.45) is 0 Å². The minimum Gasteiger partial charge on any atom is -0.497 e. The van der Waals surface area contributed by atoms with Gasteiger partial charge in [0, 0.05) is 5.56 Å². The van der Waals surface area contributed by atoms with E-state index in [9.17, 15) is 23.2 Å². The molecular weight excluding hydrogens is 391 g/mol. The Morgan fingerprint density at radius 2 is 1.79 bits per heavy atom. The fourth-order valence-corrected chi connectivity index (χ4v) is 3.30. The molecule has 0 N–H and O–H groups in total. The maximum Gasteiger partial charge on any atom is 0.289 e. The van der Waals surface area contributed by atoms with Crippen molar-refractivity contribution in [2.45, 2.75) is 16.8 Å². The van der Waals surface area contributed by atoms with E-state index in [4.69, 9.17) is 4.74 Å². The molecule has 3 rings (SSSR count). The van der Waals surface area contributed by atoms with E-state index in [-0.39, 0.29) is 21.0 Å². The summed E-state index contributed by atoms with van der Waals surface area (Å²) in [4.78, 5) is 12.4. The summed E-state index contributed by atoms with van der Waals surface area (Å²) in [6.45, 7) is 1.48. The molecule has 0 amide bonds. The maximum atomic E-state index is 14.0. The van der Waals surface area contributed by atoms with Gasteiger partial charge in [0.05, 0.1) is 17.7 Å². The van der Waals surface area contributed by atoms with Gasteiger partial charge in [-0.3, -0.25) is 4.79 Å². The Hall–Kier alpha value is -3.25. The average Bonchev–Trinajstić information content (AvgIpc) is 2.70. The van der Waals surface area contributed by atoms with Gasteiger partial charge >= 0.3 is 0 Å². The van der Waals surface area contributed by atoms with E-state index in [0.717, 1.165) is 16.8 Å². The largest absolute Gasteiger partial charge is 0.497 e. The molecule has 9 heteroatoms. The van der Waals surface area contributed by atoms with Gasteiger partial charge < -0.3 is 4.74 Å². The monoisotopic (exact) mass is 403 g/mol. The molecule has 0 saturated carbocycles. The molecule has 1 heterocycles. The zero-order valence-electron chi connectivity index (χ0n) is 14.7. The van der Waals surface area contributed by atoms with Crippen molar-refractivity contribution < 1.29 is 17.9 Å². The van der Waals surface area contributed by atoms with Crippen molar-refractivity contribution >= 4 is 11.8 Å². The van der Waals surface area contributed by atoms with Gasteiger partial charge in [-0.1, -0.05) is 11.8 Å². The molecule has 0 atom stereocenters. The minimum atomic E-state index is -1.60. The number of hydrogen-bond donors (Lipinski definition) is 0. The van der Waals surface area contributed by atoms with E-state index in [1.54, 1.807) is 24.3 Å². The van der Waals surface area contributed by atoms with E-state index < -0.39 is 23.0 Å². The standard InChI is InChI=1S/C19H12F3N3O2S/c1-10-13(9-23)19(26)25(11-3-5-12(27-2)6-4-11)24-18(10)28-15-8-7-14(20)16(21)17(15)22/h3-8H,1-2H3. The van der Waals surface area contributed by atoms with E-state index in [2.05, 4.69) is 5.10 Å². The fraction of sp³-hybridized carbons (Fsp3) is 0.105. The van der Waals surface area contributed by atoms with Crippen molar-refractivity contribution in [1.82, 2.24) is 9.78 Å². The molecule has 2 aromatic carbocycles. The number of benzene rings is 2. The number of rotatable bonds is 4. The molecule has 0 unspecified atom stereocenters. The van der Waals surface area contributed by atoms with E-state index in [1.165, 1.54) is 14.0 Å². The van der Waals surface area contributed by atoms with Gasteiger partial charge in [0.1, 0.15) is 22.4 Å². The quantitative estimate of drug-likeness (QED) is 0.616. The van der Waals surface area contributed by atoms with Crippen LogP contribution in [0.3, 0.4) is 0 Å². The Morgan fingerprint density at radius 3 is 2.39 bits per heavy atom. The summed E-state index contributed by atoms with van der Waals surface area (Å²) in [5, 5.41) is 13.7. The number of nitriles is 1. The van der Waals surface area contributed by atoms with E-state index in [1.807, 2.05) is 6.07 Å². The summed E-state index contributed by atoms with van der Waals surface area (Å²) in [5.41, 5.74) is -0.266. The summed E-state index contributed by atoms with van der Waals surface area (Å²) >= 11 is 0.690. The Balaban J connectivity index is 2.15. The normalized spacial score (nSPS) is 10.6. The van der Waals surface area contributed by atoms with Gasteiger partial charge in [-0.15, -0.1) is 0 Å². The van der Waals surface area contributed by atoms with Crippen LogP contribution in [0.1, 0.15) is 11.1 Å². The number of aromatic nitrogens is 2. The Bertz CT molecular complexity index is 1160. The predicted molar refractivity (Wildman–Crippen MR) is 96.3 cm³/mol. The Kier molecular flexibility index (Phi) is 5.42. The van der Waals surface area contributed by atoms with Crippen LogP contribution >= 0.6 is 11.8 Å². The van der Waals surface area contributed by atoms with Gasteiger partial charge in [-0.25, -0.2) is 13.2 Å². The highest BCUT2D eigenvalue weighted by Crippen LogP contribution is 2.32. The third kappa shape index (κ3) is 3.46. The van der Waals surface area contributed by atoms with Crippen LogP contribution in [0, 0.1) is 35.7 Å². The minimum absolute atomic E-state index is 0.108. The number of halogens is 3. The van der Waals surface area contributed by atoms with Crippen LogP contribution in [-0.2, 0) is 0 Å². The van der Waals surface area contributed by atoms with Crippen LogP contribution in [0.4, 0.5) is 13.2 Å². The van der Waals surface area contributed by atoms with Crippen molar-refractivity contribution in [3.8, 4) is 17.5 Å². The first kappa shape index (κ1) is 19.5. The van der Waals surface area contributed by atoms with Gasteiger partial charge in [-0.2, -0.15) is 15.0 Å². The van der Waals surface area contributed by atoms with Crippen LogP contribution in [0.5, 0.6) is 5.75 Å². The highest BCUT2D eigenvalue weighted by atomic mass is 32.2. The smallest absolute Gasteiger partial charge is 0.289 e. The summed E-state index contributed by atoms with van der Waals surface area (Å²) in [6.07, 6.45) is 0. The van der Waals surface area contributed by atoms with Gasteiger partial charge in [0.2, 0.25) is 0 Å². The first-order valence-corrected chi connectivity index (χ1v) is 8.68. The second kappa shape index (κ2) is 7.78. The number of hydrogen-bond acceptors (Lipinski definition) is 5. The topological polar surface area (TPSA) is 67.9 Å². The maximum absolute atomic E-state index is 14.0. The SMILES string of the molecule is COc1ccc(-n2nc(Sc3ccc(F)c(F)c3F)c(C)c(C#N)c2=O)cc1. The average molecular weight is 403 g/mol. The zero-order valence-corrected chi connectivity index (χ0v) is 15.5. The fourth-order valence-electron chi connectivity index (χ4n) is 2.40. The molecule has 5 nitrogen and oxygen atoms in total. The molecule has 0 spiro atoms. The zero-order chi connectivity index (χ0) is 20.4. The highest BCUT2D eigenvalue weighted by Gasteiger charge is 2.20. The van der Waals surface area contributed by atoms with Crippen molar-refractivity contribution in [1.29, 1.82) is 5.26 Å². The highest BCUT2D eigenvalue weighted by molar-refractivity contribution is 7.99. The number of ether oxygens (including phenoxy) is 1. The molecule has 142 valence electrons. The second-order valence-electron chi connectivity index (χ2n) is 5.61. The van der Waals surface area contributed by atoms with Crippen molar-refractivity contribution in [3.05, 3.63) is 75.3 Å². The molecule has 0 saturated heterocycles.